The van der Waals surface area contributed by atoms with Gasteiger partial charge in [-0.3, -0.25) is 4.79 Å². The average Bonchev–Trinajstić information content (AvgIpc) is 3.00. The van der Waals surface area contributed by atoms with Crippen molar-refractivity contribution in [3.63, 3.8) is 0 Å². The molecule has 0 bridgehead atoms. The van der Waals surface area contributed by atoms with E-state index in [1.807, 2.05) is 47.6 Å². The maximum absolute atomic E-state index is 12.3. The van der Waals surface area contributed by atoms with E-state index in [1.165, 1.54) is 0 Å². The minimum absolute atomic E-state index is 0.00988. The number of amides is 1. The average molecular weight is 368 g/mol. The van der Waals surface area contributed by atoms with E-state index < -0.39 is 0 Å². The lowest BCUT2D eigenvalue weighted by Crippen LogP contribution is -2.20. The number of aryl methyl sites for hydroxylation is 4. The Morgan fingerprint density at radius 2 is 1.89 bits per heavy atom. The van der Waals surface area contributed by atoms with Crippen LogP contribution in [0.1, 0.15) is 55.5 Å². The van der Waals surface area contributed by atoms with Gasteiger partial charge in [-0.05, 0) is 50.8 Å². The first-order valence-electron chi connectivity index (χ1n) is 9.24. The van der Waals surface area contributed by atoms with Gasteiger partial charge in [0.2, 0.25) is 5.91 Å². The number of rotatable bonds is 4. The van der Waals surface area contributed by atoms with Gasteiger partial charge in [0.05, 0.1) is 23.3 Å². The van der Waals surface area contributed by atoms with Gasteiger partial charge in [-0.2, -0.15) is 0 Å². The molecule has 3 aromatic rings. The number of carbonyl (C=O) groups excluding carboxylic acids is 1. The third kappa shape index (κ3) is 4.04. The summed E-state index contributed by atoms with van der Waals surface area (Å²) in [7, 11) is 0. The molecule has 0 spiro atoms. The Hall–Kier alpha value is -2.63. The molecule has 144 valence electrons. The van der Waals surface area contributed by atoms with Gasteiger partial charge in [-0.15, -0.1) is 0 Å². The topological polar surface area (TPSA) is 73.0 Å². The van der Waals surface area contributed by atoms with E-state index in [0.717, 1.165) is 39.3 Å². The van der Waals surface area contributed by atoms with E-state index in [-0.39, 0.29) is 11.3 Å². The van der Waals surface area contributed by atoms with Crippen LogP contribution < -0.4 is 5.32 Å². The molecule has 0 aromatic carbocycles. The van der Waals surface area contributed by atoms with Crippen LogP contribution in [0.25, 0.3) is 11.0 Å². The van der Waals surface area contributed by atoms with Crippen LogP contribution in [0.4, 0.5) is 5.82 Å². The van der Waals surface area contributed by atoms with Crippen molar-refractivity contribution in [2.45, 2.75) is 61.4 Å². The monoisotopic (exact) mass is 368 g/mol. The second-order valence-electron chi connectivity index (χ2n) is 8.52. The highest BCUT2D eigenvalue weighted by atomic mass is 16.5. The molecule has 0 saturated heterocycles. The Labute approximate surface area is 160 Å². The number of pyridine rings is 1. The second kappa shape index (κ2) is 6.83. The number of aromatic nitrogens is 3. The number of carbonyl (C=O) groups is 1. The largest absolute Gasteiger partial charge is 0.361 e. The summed E-state index contributed by atoms with van der Waals surface area (Å²) >= 11 is 0. The molecular weight excluding hydrogens is 340 g/mol. The standard InChI is InChI=1S/C21H28N4O2/c1-12-8-18-17(22-20(12)23-19(26)10-21(5,6)7)9-13(2)25(18)11-16-14(3)24-27-15(16)4/h8-9H,10-11H2,1-7H3,(H,22,23,26). The number of anilines is 1. The van der Waals surface area contributed by atoms with E-state index in [9.17, 15) is 4.79 Å². The van der Waals surface area contributed by atoms with E-state index >= 15 is 0 Å². The van der Waals surface area contributed by atoms with Gasteiger partial charge in [0.1, 0.15) is 11.6 Å². The van der Waals surface area contributed by atoms with Crippen molar-refractivity contribution in [3.8, 4) is 0 Å². The minimum atomic E-state index is -0.0592. The van der Waals surface area contributed by atoms with E-state index in [1.54, 1.807) is 0 Å². The van der Waals surface area contributed by atoms with Gasteiger partial charge in [0, 0.05) is 17.7 Å². The smallest absolute Gasteiger partial charge is 0.226 e. The van der Waals surface area contributed by atoms with E-state index in [4.69, 9.17) is 9.51 Å². The summed E-state index contributed by atoms with van der Waals surface area (Å²) < 4.78 is 7.51. The van der Waals surface area contributed by atoms with Crippen molar-refractivity contribution in [1.82, 2.24) is 14.7 Å². The van der Waals surface area contributed by atoms with Gasteiger partial charge in [-0.25, -0.2) is 4.98 Å². The summed E-state index contributed by atoms with van der Waals surface area (Å²) in [5.41, 5.74) is 5.91. The number of nitrogens with one attached hydrogen (secondary N) is 1. The van der Waals surface area contributed by atoms with Gasteiger partial charge in [0.25, 0.3) is 0 Å². The first-order chi connectivity index (χ1) is 12.5. The zero-order valence-corrected chi connectivity index (χ0v) is 17.2. The fraction of sp³-hybridized carbons (Fsp3) is 0.476. The Morgan fingerprint density at radius 1 is 1.19 bits per heavy atom. The molecule has 0 radical (unpaired) electrons. The van der Waals surface area contributed by atoms with Crippen LogP contribution in [0.3, 0.4) is 0 Å². The summed E-state index contributed by atoms with van der Waals surface area (Å²) in [5.74, 6) is 1.46. The van der Waals surface area contributed by atoms with Crippen molar-refractivity contribution in [2.24, 2.45) is 5.41 Å². The van der Waals surface area contributed by atoms with Crippen LogP contribution in [0.15, 0.2) is 16.7 Å². The molecule has 0 unspecified atom stereocenters. The van der Waals surface area contributed by atoms with Gasteiger partial charge >= 0.3 is 0 Å². The van der Waals surface area contributed by atoms with E-state index in [2.05, 4.69) is 28.0 Å². The van der Waals surface area contributed by atoms with Crippen molar-refractivity contribution in [3.05, 3.63) is 40.4 Å². The highest BCUT2D eigenvalue weighted by Gasteiger charge is 2.19. The molecule has 3 heterocycles. The Balaban J connectivity index is 1.95. The van der Waals surface area contributed by atoms with Crippen molar-refractivity contribution in [2.75, 3.05) is 5.32 Å². The minimum Gasteiger partial charge on any atom is -0.361 e. The van der Waals surface area contributed by atoms with Crippen LogP contribution in [-0.2, 0) is 11.3 Å². The maximum Gasteiger partial charge on any atom is 0.226 e. The first kappa shape index (κ1) is 19.1. The van der Waals surface area contributed by atoms with Crippen LogP contribution in [0, 0.1) is 33.1 Å². The summed E-state index contributed by atoms with van der Waals surface area (Å²) in [6.07, 6.45) is 0.457. The maximum atomic E-state index is 12.3. The molecule has 0 saturated carbocycles. The van der Waals surface area contributed by atoms with Crippen LogP contribution >= 0.6 is 0 Å². The second-order valence-corrected chi connectivity index (χ2v) is 8.52. The lowest BCUT2D eigenvalue weighted by atomic mass is 9.92. The molecule has 0 aliphatic heterocycles. The molecule has 3 aromatic heterocycles. The van der Waals surface area contributed by atoms with Crippen molar-refractivity contribution in [1.29, 1.82) is 0 Å². The van der Waals surface area contributed by atoms with Crippen LogP contribution in [0.2, 0.25) is 0 Å². The van der Waals surface area contributed by atoms with Crippen LogP contribution in [-0.4, -0.2) is 20.6 Å². The molecule has 0 aliphatic rings. The molecule has 27 heavy (non-hydrogen) atoms. The molecule has 3 rings (SSSR count). The summed E-state index contributed by atoms with van der Waals surface area (Å²) in [6, 6.07) is 4.13. The van der Waals surface area contributed by atoms with Gasteiger partial charge < -0.3 is 14.4 Å². The Kier molecular flexibility index (Phi) is 4.84. The number of hydrogen-bond donors (Lipinski definition) is 1. The van der Waals surface area contributed by atoms with E-state index in [0.29, 0.717) is 18.8 Å². The van der Waals surface area contributed by atoms with Gasteiger partial charge in [-0.1, -0.05) is 25.9 Å². The molecular formula is C21H28N4O2. The molecule has 1 amide bonds. The number of fused-ring (bicyclic) bond motifs is 1. The van der Waals surface area contributed by atoms with Gasteiger partial charge in [0.15, 0.2) is 0 Å². The highest BCUT2D eigenvalue weighted by molar-refractivity contribution is 5.92. The Bertz CT molecular complexity index is 986. The first-order valence-corrected chi connectivity index (χ1v) is 9.24. The number of hydrogen-bond acceptors (Lipinski definition) is 4. The molecule has 1 N–H and O–H groups in total. The highest BCUT2D eigenvalue weighted by Crippen LogP contribution is 2.26. The molecule has 0 fully saturated rings. The summed E-state index contributed by atoms with van der Waals surface area (Å²) in [4.78, 5) is 17.0. The summed E-state index contributed by atoms with van der Waals surface area (Å²) in [6.45, 7) is 14.8. The zero-order valence-electron chi connectivity index (χ0n) is 17.2. The quantitative estimate of drug-likeness (QED) is 0.725. The van der Waals surface area contributed by atoms with Crippen LogP contribution in [0.5, 0.6) is 0 Å². The fourth-order valence-electron chi connectivity index (χ4n) is 3.28. The molecule has 6 nitrogen and oxygen atoms in total. The van der Waals surface area contributed by atoms with Crippen molar-refractivity contribution < 1.29 is 9.32 Å². The predicted molar refractivity (Wildman–Crippen MR) is 107 cm³/mol. The van der Waals surface area contributed by atoms with Crippen molar-refractivity contribution >= 4 is 22.8 Å². The molecule has 0 aliphatic carbocycles. The zero-order chi connectivity index (χ0) is 19.9. The normalized spacial score (nSPS) is 12.0. The fourth-order valence-corrected chi connectivity index (χ4v) is 3.28. The third-order valence-corrected chi connectivity index (χ3v) is 4.73. The third-order valence-electron chi connectivity index (χ3n) is 4.73. The number of nitrogens with zero attached hydrogens (tertiary/aromatic N) is 3. The lowest BCUT2D eigenvalue weighted by Gasteiger charge is -2.17. The Morgan fingerprint density at radius 3 is 2.48 bits per heavy atom. The molecule has 6 heteroatoms. The SMILES string of the molecule is Cc1cc2c(cc(C)n2Cc2c(C)noc2C)nc1NC(=O)CC(C)(C)C. The predicted octanol–water partition coefficient (Wildman–Crippen LogP) is 4.68. The molecule has 0 atom stereocenters. The summed E-state index contributed by atoms with van der Waals surface area (Å²) in [5, 5.41) is 7.02. The lowest BCUT2D eigenvalue weighted by molar-refractivity contribution is -0.117.